The molecule has 4 aromatic rings. The highest BCUT2D eigenvalue weighted by atomic mass is 19.1. The van der Waals surface area contributed by atoms with Crippen LogP contribution in [0.15, 0.2) is 67.0 Å². The van der Waals surface area contributed by atoms with Gasteiger partial charge in [-0.3, -0.25) is 0 Å². The molecule has 0 atom stereocenters. The summed E-state index contributed by atoms with van der Waals surface area (Å²) in [6.45, 7) is 1.67. The molecule has 3 aromatic carbocycles. The first-order chi connectivity index (χ1) is 14.8. The first-order valence-electron chi connectivity index (χ1n) is 9.65. The second-order valence-electron chi connectivity index (χ2n) is 6.90. The number of hydrogen-bond acceptors (Lipinski definition) is 6. The van der Waals surface area contributed by atoms with E-state index < -0.39 is 0 Å². The molecule has 1 aromatic heterocycles. The third-order valence-electron chi connectivity index (χ3n) is 4.83. The molecular weight excluding hydrogens is 383 g/mol. The van der Waals surface area contributed by atoms with Gasteiger partial charge in [0.05, 0.1) is 16.6 Å². The van der Waals surface area contributed by atoms with Crippen molar-refractivity contribution in [1.29, 1.82) is 0 Å². The molecule has 0 radical (unpaired) electrons. The number of aromatic nitrogens is 2. The van der Waals surface area contributed by atoms with E-state index in [4.69, 9.17) is 9.47 Å². The lowest BCUT2D eigenvalue weighted by atomic mass is 10.1. The highest BCUT2D eigenvalue weighted by molar-refractivity contribution is 5.99. The maximum Gasteiger partial charge on any atom is 0.155 e. The van der Waals surface area contributed by atoms with Crippen molar-refractivity contribution in [2.75, 3.05) is 23.8 Å². The van der Waals surface area contributed by atoms with Crippen molar-refractivity contribution < 1.29 is 13.9 Å². The summed E-state index contributed by atoms with van der Waals surface area (Å²) in [5.41, 5.74) is 3.38. The van der Waals surface area contributed by atoms with Gasteiger partial charge in [-0.05, 0) is 54.1 Å². The Morgan fingerprint density at radius 3 is 2.83 bits per heavy atom. The largest absolute Gasteiger partial charge is 0.489 e. The molecule has 5 rings (SSSR count). The van der Waals surface area contributed by atoms with Gasteiger partial charge in [-0.25, -0.2) is 14.4 Å². The number of hydrogen-bond donors (Lipinski definition) is 2. The number of nitrogens with one attached hydrogen (secondary N) is 2. The van der Waals surface area contributed by atoms with Gasteiger partial charge < -0.3 is 20.1 Å². The Balaban J connectivity index is 1.35. The Bertz CT molecular complexity index is 1200. The molecule has 0 spiro atoms. The van der Waals surface area contributed by atoms with Crippen molar-refractivity contribution in [3.8, 4) is 11.5 Å². The Morgan fingerprint density at radius 2 is 1.97 bits per heavy atom. The zero-order chi connectivity index (χ0) is 20.3. The van der Waals surface area contributed by atoms with Gasteiger partial charge in [0.15, 0.2) is 5.75 Å². The fourth-order valence-corrected chi connectivity index (χ4v) is 3.41. The number of benzene rings is 3. The second kappa shape index (κ2) is 7.87. The van der Waals surface area contributed by atoms with E-state index in [0.717, 1.165) is 40.1 Å². The van der Waals surface area contributed by atoms with Crippen molar-refractivity contribution in [2.24, 2.45) is 0 Å². The number of nitrogens with zero attached hydrogens (tertiary/aromatic N) is 2. The zero-order valence-electron chi connectivity index (χ0n) is 16.1. The molecule has 150 valence electrons. The number of ether oxygens (including phenoxy) is 2. The summed E-state index contributed by atoms with van der Waals surface area (Å²) in [7, 11) is 0. The quantitative estimate of drug-likeness (QED) is 0.495. The molecule has 0 saturated heterocycles. The smallest absolute Gasteiger partial charge is 0.155 e. The second-order valence-corrected chi connectivity index (χ2v) is 6.90. The summed E-state index contributed by atoms with van der Waals surface area (Å²) in [6, 6.07) is 17.8. The van der Waals surface area contributed by atoms with Crippen molar-refractivity contribution in [3.05, 3.63) is 78.4 Å². The van der Waals surface area contributed by atoms with Crippen LogP contribution in [0.4, 0.5) is 21.6 Å². The maximum atomic E-state index is 13.3. The van der Waals surface area contributed by atoms with Crippen LogP contribution >= 0.6 is 0 Å². The summed E-state index contributed by atoms with van der Waals surface area (Å²) in [4.78, 5) is 8.78. The number of rotatable bonds is 5. The van der Waals surface area contributed by atoms with Crippen LogP contribution in [-0.4, -0.2) is 23.1 Å². The molecule has 0 fully saturated rings. The number of fused-ring (bicyclic) bond motifs is 3. The normalized spacial score (nSPS) is 12.6. The van der Waals surface area contributed by atoms with Gasteiger partial charge in [0.1, 0.15) is 36.9 Å². The molecule has 0 saturated carbocycles. The van der Waals surface area contributed by atoms with Crippen LogP contribution in [0.2, 0.25) is 0 Å². The van der Waals surface area contributed by atoms with Crippen LogP contribution in [-0.2, 0) is 6.61 Å². The van der Waals surface area contributed by atoms with E-state index in [1.54, 1.807) is 6.07 Å². The van der Waals surface area contributed by atoms with Crippen molar-refractivity contribution in [2.45, 2.75) is 6.61 Å². The van der Waals surface area contributed by atoms with Gasteiger partial charge >= 0.3 is 0 Å². The van der Waals surface area contributed by atoms with E-state index in [-0.39, 0.29) is 5.82 Å². The Labute approximate surface area is 172 Å². The van der Waals surface area contributed by atoms with Crippen molar-refractivity contribution in [3.63, 3.8) is 0 Å². The first-order valence-corrected chi connectivity index (χ1v) is 9.65. The predicted octanol–water partition coefficient (Wildman–Crippen LogP) is 4.90. The minimum atomic E-state index is -0.269. The van der Waals surface area contributed by atoms with Crippen LogP contribution in [0.3, 0.4) is 0 Å². The van der Waals surface area contributed by atoms with Gasteiger partial charge in [0.25, 0.3) is 0 Å². The van der Waals surface area contributed by atoms with Crippen LogP contribution < -0.4 is 20.1 Å². The van der Waals surface area contributed by atoms with E-state index in [1.165, 1.54) is 18.5 Å². The third-order valence-corrected chi connectivity index (χ3v) is 4.83. The standard InChI is InChI=1S/C23H19FN4O2/c24-16-3-1-2-15(12-16)13-30-18-6-4-17(5-7-18)28-23-21-19(26-14-27-23)8-9-20-22(21)29-11-10-25-20/h1-9,12,14,25H,10-11,13H2,(H,26,27,28). The highest BCUT2D eigenvalue weighted by Crippen LogP contribution is 2.39. The summed E-state index contributed by atoms with van der Waals surface area (Å²) in [5, 5.41) is 7.52. The number of anilines is 3. The van der Waals surface area contributed by atoms with Gasteiger partial charge in [-0.15, -0.1) is 0 Å². The molecule has 7 heteroatoms. The Kier molecular flexibility index (Phi) is 4.77. The van der Waals surface area contributed by atoms with Crippen LogP contribution in [0.1, 0.15) is 5.56 Å². The lowest BCUT2D eigenvalue weighted by Crippen LogP contribution is -2.18. The molecule has 0 aliphatic carbocycles. The average Bonchev–Trinajstić information content (AvgIpc) is 2.79. The van der Waals surface area contributed by atoms with Crippen LogP contribution in [0, 0.1) is 5.82 Å². The fourth-order valence-electron chi connectivity index (χ4n) is 3.41. The zero-order valence-corrected chi connectivity index (χ0v) is 16.1. The minimum Gasteiger partial charge on any atom is -0.489 e. The van der Waals surface area contributed by atoms with E-state index in [1.807, 2.05) is 42.5 Å². The SMILES string of the molecule is Fc1cccc(COc2ccc(Nc3ncnc4ccc5c(c34)OCCN5)cc2)c1. The Hall–Kier alpha value is -3.87. The third kappa shape index (κ3) is 3.69. The monoisotopic (exact) mass is 402 g/mol. The molecular formula is C23H19FN4O2. The molecule has 1 aliphatic heterocycles. The van der Waals surface area contributed by atoms with Crippen molar-refractivity contribution in [1.82, 2.24) is 9.97 Å². The van der Waals surface area contributed by atoms with Gasteiger partial charge in [0.2, 0.25) is 0 Å². The molecule has 6 nitrogen and oxygen atoms in total. The van der Waals surface area contributed by atoms with E-state index in [2.05, 4.69) is 20.6 Å². The van der Waals surface area contributed by atoms with Gasteiger partial charge in [0, 0.05) is 12.2 Å². The summed E-state index contributed by atoms with van der Waals surface area (Å²) < 4.78 is 24.9. The average molecular weight is 402 g/mol. The maximum absolute atomic E-state index is 13.3. The summed E-state index contributed by atoms with van der Waals surface area (Å²) >= 11 is 0. The molecule has 0 amide bonds. The Morgan fingerprint density at radius 1 is 1.07 bits per heavy atom. The number of halogens is 1. The molecule has 30 heavy (non-hydrogen) atoms. The predicted molar refractivity (Wildman–Crippen MR) is 114 cm³/mol. The lowest BCUT2D eigenvalue weighted by molar-refractivity contribution is 0.305. The summed E-state index contributed by atoms with van der Waals surface area (Å²) in [6.07, 6.45) is 1.53. The molecule has 2 heterocycles. The van der Waals surface area contributed by atoms with E-state index in [0.29, 0.717) is 24.8 Å². The molecule has 2 N–H and O–H groups in total. The minimum absolute atomic E-state index is 0.269. The van der Waals surface area contributed by atoms with Gasteiger partial charge in [-0.2, -0.15) is 0 Å². The highest BCUT2D eigenvalue weighted by Gasteiger charge is 2.17. The fraction of sp³-hybridized carbons (Fsp3) is 0.130. The summed E-state index contributed by atoms with van der Waals surface area (Å²) in [5.74, 6) is 1.86. The van der Waals surface area contributed by atoms with Crippen LogP contribution in [0.25, 0.3) is 10.9 Å². The lowest BCUT2D eigenvalue weighted by Gasteiger charge is -2.21. The van der Waals surface area contributed by atoms with Crippen molar-refractivity contribution >= 4 is 28.1 Å². The van der Waals surface area contributed by atoms with E-state index >= 15 is 0 Å². The molecule has 1 aliphatic rings. The topological polar surface area (TPSA) is 68.3 Å². The van der Waals surface area contributed by atoms with Gasteiger partial charge in [-0.1, -0.05) is 12.1 Å². The first kappa shape index (κ1) is 18.2. The van der Waals surface area contributed by atoms with E-state index in [9.17, 15) is 4.39 Å². The molecule has 0 bridgehead atoms. The molecule has 0 unspecified atom stereocenters. The van der Waals surface area contributed by atoms with Crippen LogP contribution in [0.5, 0.6) is 11.5 Å².